The number of methoxy groups -OCH3 is 1. The minimum absolute atomic E-state index is 0.0469. The van der Waals surface area contributed by atoms with Gasteiger partial charge in [0.25, 0.3) is 11.7 Å². The Morgan fingerprint density at radius 1 is 1.05 bits per heavy atom. The number of benzene rings is 3. The van der Waals surface area contributed by atoms with Crippen LogP contribution in [0.15, 0.2) is 78.4 Å². The minimum Gasteiger partial charge on any atom is -0.507 e. The normalized spacial score (nSPS) is 20.1. The molecule has 2 aliphatic rings. The first-order valence-electron chi connectivity index (χ1n) is 12.3. The summed E-state index contributed by atoms with van der Waals surface area (Å²) in [5, 5.41) is 11.4. The van der Waals surface area contributed by atoms with E-state index in [2.05, 4.69) is 0 Å². The van der Waals surface area contributed by atoms with Crippen molar-refractivity contribution in [1.82, 2.24) is 4.90 Å². The number of ketones is 1. The molecule has 5 rings (SSSR count). The van der Waals surface area contributed by atoms with Gasteiger partial charge in [-0.3, -0.25) is 9.59 Å². The van der Waals surface area contributed by atoms with Gasteiger partial charge in [0.15, 0.2) is 0 Å². The van der Waals surface area contributed by atoms with Crippen LogP contribution in [0.2, 0.25) is 0 Å². The zero-order valence-corrected chi connectivity index (χ0v) is 20.8. The van der Waals surface area contributed by atoms with Crippen LogP contribution in [0.1, 0.15) is 35.2 Å². The molecule has 0 saturated carbocycles. The number of hydrogen-bond acceptors (Lipinski definition) is 6. The predicted octanol–water partition coefficient (Wildman–Crippen LogP) is 4.66. The molecule has 0 aromatic heterocycles. The van der Waals surface area contributed by atoms with Crippen molar-refractivity contribution in [2.45, 2.75) is 32.1 Å². The highest BCUT2D eigenvalue weighted by Gasteiger charge is 2.46. The van der Waals surface area contributed by atoms with Gasteiger partial charge in [0.05, 0.1) is 18.2 Å². The van der Waals surface area contributed by atoms with Crippen molar-refractivity contribution >= 4 is 17.4 Å². The van der Waals surface area contributed by atoms with Crippen molar-refractivity contribution in [3.8, 4) is 11.5 Å². The van der Waals surface area contributed by atoms with E-state index in [4.69, 9.17) is 14.2 Å². The van der Waals surface area contributed by atoms with E-state index in [-0.39, 0.29) is 30.6 Å². The summed E-state index contributed by atoms with van der Waals surface area (Å²) in [4.78, 5) is 27.8. The fourth-order valence-electron chi connectivity index (χ4n) is 4.89. The monoisotopic (exact) mass is 499 g/mol. The highest BCUT2D eigenvalue weighted by molar-refractivity contribution is 6.46. The number of aliphatic hydroxyl groups is 1. The predicted molar refractivity (Wildman–Crippen MR) is 138 cm³/mol. The van der Waals surface area contributed by atoms with E-state index >= 15 is 0 Å². The van der Waals surface area contributed by atoms with E-state index in [1.54, 1.807) is 12.1 Å². The average molecular weight is 500 g/mol. The largest absolute Gasteiger partial charge is 0.507 e. The molecule has 0 aliphatic carbocycles. The number of aliphatic hydroxyl groups excluding tert-OH is 1. The minimum atomic E-state index is -0.779. The second-order valence-corrected chi connectivity index (χ2v) is 9.29. The van der Waals surface area contributed by atoms with Crippen LogP contribution in [-0.4, -0.2) is 48.1 Å². The number of rotatable bonds is 8. The molecule has 2 heterocycles. The lowest BCUT2D eigenvalue weighted by Crippen LogP contribution is -2.32. The Labute approximate surface area is 215 Å². The summed E-state index contributed by atoms with van der Waals surface area (Å²) in [6.45, 7) is 2.81. The fourth-order valence-corrected chi connectivity index (χ4v) is 4.89. The highest BCUT2D eigenvalue weighted by atomic mass is 16.5. The number of carbonyl (C=O) groups is 2. The van der Waals surface area contributed by atoms with Crippen LogP contribution in [0.4, 0.5) is 0 Å². The molecule has 0 bridgehead atoms. The van der Waals surface area contributed by atoms with Crippen molar-refractivity contribution < 1.29 is 28.9 Å². The van der Waals surface area contributed by atoms with E-state index in [1.165, 1.54) is 12.0 Å². The number of ether oxygens (including phenoxy) is 3. The van der Waals surface area contributed by atoms with E-state index in [9.17, 15) is 14.7 Å². The Morgan fingerprint density at radius 3 is 2.65 bits per heavy atom. The molecule has 7 nitrogen and oxygen atoms in total. The van der Waals surface area contributed by atoms with Gasteiger partial charge in [-0.05, 0) is 53.9 Å². The Kier molecular flexibility index (Phi) is 6.97. The van der Waals surface area contributed by atoms with Gasteiger partial charge in [0.2, 0.25) is 0 Å². The maximum Gasteiger partial charge on any atom is 0.295 e. The molecule has 37 heavy (non-hydrogen) atoms. The third-order valence-corrected chi connectivity index (χ3v) is 6.67. The first-order chi connectivity index (χ1) is 18.0. The van der Waals surface area contributed by atoms with E-state index in [0.29, 0.717) is 29.9 Å². The third-order valence-electron chi connectivity index (χ3n) is 6.67. The number of nitrogens with zero attached hydrogens (tertiary/aromatic N) is 1. The zero-order chi connectivity index (χ0) is 25.9. The van der Waals surface area contributed by atoms with E-state index < -0.39 is 17.7 Å². The molecule has 3 aromatic carbocycles. The van der Waals surface area contributed by atoms with Gasteiger partial charge in [0.1, 0.15) is 30.0 Å². The third kappa shape index (κ3) is 4.95. The lowest BCUT2D eigenvalue weighted by molar-refractivity contribution is -0.140. The molecule has 0 spiro atoms. The van der Waals surface area contributed by atoms with Gasteiger partial charge in [0, 0.05) is 25.6 Å². The zero-order valence-electron chi connectivity index (χ0n) is 20.8. The summed E-state index contributed by atoms with van der Waals surface area (Å²) in [7, 11) is 1.54. The topological polar surface area (TPSA) is 85.3 Å². The first kappa shape index (κ1) is 24.6. The summed E-state index contributed by atoms with van der Waals surface area (Å²) >= 11 is 0. The molecule has 1 N–H and O–H groups in total. The van der Waals surface area contributed by atoms with Crippen molar-refractivity contribution in [3.63, 3.8) is 0 Å². The van der Waals surface area contributed by atoms with E-state index in [0.717, 1.165) is 16.9 Å². The van der Waals surface area contributed by atoms with Crippen LogP contribution < -0.4 is 9.47 Å². The van der Waals surface area contributed by atoms with Crippen molar-refractivity contribution in [1.29, 1.82) is 0 Å². The molecule has 1 fully saturated rings. The number of fused-ring (bicyclic) bond motifs is 1. The summed E-state index contributed by atoms with van der Waals surface area (Å²) in [5.41, 5.74) is 3.17. The summed E-state index contributed by atoms with van der Waals surface area (Å²) in [6, 6.07) is 21.6. The van der Waals surface area contributed by atoms with Crippen molar-refractivity contribution in [2.75, 3.05) is 20.3 Å². The Hall–Kier alpha value is -4.10. The van der Waals surface area contributed by atoms with Gasteiger partial charge < -0.3 is 24.2 Å². The Bertz CT molecular complexity index is 1350. The highest BCUT2D eigenvalue weighted by Crippen LogP contribution is 2.41. The standard InChI is InChI=1S/C30H29NO6/c1-19-15-23-16-22(11-12-25(23)37-19)28(32)26-27(31(13-14-35-2)30(34)29(26)33)21-9-6-10-24(17-21)36-18-20-7-4-3-5-8-20/h3-12,16-17,19,27,32H,13-15,18H2,1-2H3. The lowest BCUT2D eigenvalue weighted by atomic mass is 9.94. The summed E-state index contributed by atoms with van der Waals surface area (Å²) in [5.74, 6) is -0.232. The number of likely N-dealkylation sites (tertiary alicyclic amines) is 1. The quantitative estimate of drug-likeness (QED) is 0.276. The van der Waals surface area contributed by atoms with Gasteiger partial charge >= 0.3 is 0 Å². The first-order valence-corrected chi connectivity index (χ1v) is 12.3. The second-order valence-electron chi connectivity index (χ2n) is 9.29. The van der Waals surface area contributed by atoms with Crippen LogP contribution in [0, 0.1) is 0 Å². The molecular weight excluding hydrogens is 470 g/mol. The van der Waals surface area contributed by atoms with Crippen LogP contribution in [0.25, 0.3) is 5.76 Å². The van der Waals surface area contributed by atoms with Crippen LogP contribution in [0.3, 0.4) is 0 Å². The molecule has 7 heteroatoms. The van der Waals surface area contributed by atoms with Crippen LogP contribution >= 0.6 is 0 Å². The van der Waals surface area contributed by atoms with Crippen molar-refractivity contribution in [2.24, 2.45) is 0 Å². The Balaban J connectivity index is 1.53. The molecule has 1 amide bonds. The van der Waals surface area contributed by atoms with E-state index in [1.807, 2.05) is 67.6 Å². The van der Waals surface area contributed by atoms with Gasteiger partial charge in [-0.1, -0.05) is 42.5 Å². The lowest BCUT2D eigenvalue weighted by Gasteiger charge is -2.25. The molecule has 2 atom stereocenters. The summed E-state index contributed by atoms with van der Waals surface area (Å²) in [6.07, 6.45) is 0.758. The average Bonchev–Trinajstić information content (AvgIpc) is 3.41. The number of amides is 1. The van der Waals surface area contributed by atoms with Gasteiger partial charge in [-0.2, -0.15) is 0 Å². The molecule has 2 aliphatic heterocycles. The molecule has 0 radical (unpaired) electrons. The molecule has 1 saturated heterocycles. The molecule has 190 valence electrons. The Morgan fingerprint density at radius 2 is 1.86 bits per heavy atom. The molecule has 3 aromatic rings. The maximum absolute atomic E-state index is 13.3. The fraction of sp³-hybridized carbons (Fsp3) is 0.267. The molecule has 2 unspecified atom stereocenters. The number of carbonyl (C=O) groups excluding carboxylic acids is 2. The SMILES string of the molecule is COCCN1C(=O)C(=O)C(=C(O)c2ccc3c(c2)CC(C)O3)C1c1cccc(OCc2ccccc2)c1. The number of hydrogen-bond donors (Lipinski definition) is 1. The number of Topliss-reactive ketones (excluding diaryl/α,β-unsaturated/α-hetero) is 1. The van der Waals surface area contributed by atoms with Gasteiger partial charge in [-0.15, -0.1) is 0 Å². The summed E-state index contributed by atoms with van der Waals surface area (Å²) < 4.78 is 17.0. The van der Waals surface area contributed by atoms with Crippen LogP contribution in [-0.2, 0) is 27.4 Å². The smallest absolute Gasteiger partial charge is 0.295 e. The maximum atomic E-state index is 13.3. The van der Waals surface area contributed by atoms with Crippen molar-refractivity contribution in [3.05, 3.63) is 101 Å². The second kappa shape index (κ2) is 10.5. The van der Waals surface area contributed by atoms with Crippen LogP contribution in [0.5, 0.6) is 11.5 Å². The van der Waals surface area contributed by atoms with Gasteiger partial charge in [-0.25, -0.2) is 0 Å². The molecular formula is C30H29NO6.